The Morgan fingerprint density at radius 3 is 2.62 bits per heavy atom. The fourth-order valence-electron chi connectivity index (χ4n) is 3.76. The topological polar surface area (TPSA) is 25.0 Å². The highest BCUT2D eigenvalue weighted by Gasteiger charge is 2.21. The van der Waals surface area contributed by atoms with Gasteiger partial charge in [0, 0.05) is 23.0 Å². The number of aromatic amines is 1. The summed E-state index contributed by atoms with van der Waals surface area (Å²) in [6, 6.07) is 17.1. The van der Waals surface area contributed by atoms with Crippen molar-refractivity contribution in [1.29, 1.82) is 0 Å². The largest absolute Gasteiger partial charge is 0.493 e. The zero-order valence-electron chi connectivity index (χ0n) is 14.3. The monoisotopic (exact) mass is 319 g/mol. The average Bonchev–Trinajstić information content (AvgIpc) is 3.00. The van der Waals surface area contributed by atoms with E-state index in [9.17, 15) is 0 Å². The second-order valence-corrected chi connectivity index (χ2v) is 6.90. The average molecular weight is 319 g/mol. The van der Waals surface area contributed by atoms with Crippen molar-refractivity contribution in [2.75, 3.05) is 6.61 Å². The smallest absolute Gasteiger partial charge is 0.128 e. The zero-order valence-corrected chi connectivity index (χ0v) is 14.3. The Hall–Kier alpha value is -2.22. The van der Waals surface area contributed by atoms with Gasteiger partial charge in [-0.15, -0.1) is 0 Å². The lowest BCUT2D eigenvalue weighted by atomic mass is 9.86. The molecule has 2 nitrogen and oxygen atoms in total. The molecular weight excluding hydrogens is 294 g/mol. The molecule has 1 aliphatic carbocycles. The maximum Gasteiger partial charge on any atom is 0.128 e. The predicted molar refractivity (Wildman–Crippen MR) is 99.7 cm³/mol. The molecule has 0 aliphatic heterocycles. The first-order chi connectivity index (χ1) is 11.9. The van der Waals surface area contributed by atoms with Crippen LogP contribution in [-0.4, -0.2) is 11.6 Å². The fourth-order valence-corrected chi connectivity index (χ4v) is 3.76. The Kier molecular flexibility index (Phi) is 4.29. The van der Waals surface area contributed by atoms with Crippen molar-refractivity contribution in [3.8, 4) is 5.75 Å². The SMILES string of the molecule is CCC(c1ccccc1)c1c[nH]c2cccc(OCC3CCC3)c12. The fraction of sp³-hybridized carbons (Fsp3) is 0.364. The predicted octanol–water partition coefficient (Wildman–Crippen LogP) is 5.89. The molecule has 0 saturated heterocycles. The van der Waals surface area contributed by atoms with Gasteiger partial charge in [-0.2, -0.15) is 0 Å². The second kappa shape index (κ2) is 6.72. The van der Waals surface area contributed by atoms with Gasteiger partial charge in [-0.3, -0.25) is 0 Å². The number of nitrogens with one attached hydrogen (secondary N) is 1. The zero-order chi connectivity index (χ0) is 16.4. The highest BCUT2D eigenvalue weighted by molar-refractivity contribution is 5.90. The van der Waals surface area contributed by atoms with E-state index in [0.717, 1.165) is 24.7 Å². The van der Waals surface area contributed by atoms with E-state index < -0.39 is 0 Å². The van der Waals surface area contributed by atoms with Crippen molar-refractivity contribution in [1.82, 2.24) is 4.98 Å². The van der Waals surface area contributed by atoms with E-state index in [4.69, 9.17) is 4.74 Å². The minimum atomic E-state index is 0.397. The first kappa shape index (κ1) is 15.3. The number of H-pyrrole nitrogens is 1. The van der Waals surface area contributed by atoms with Crippen molar-refractivity contribution in [2.24, 2.45) is 5.92 Å². The summed E-state index contributed by atoms with van der Waals surface area (Å²) in [5, 5.41) is 1.26. The standard InChI is InChI=1S/C22H25NO/c1-2-18(17-10-4-3-5-11-17)19-14-23-20-12-7-13-21(22(19)20)24-15-16-8-6-9-16/h3-5,7,10-14,16,18,23H,2,6,8-9,15H2,1H3. The number of benzene rings is 2. The van der Waals surface area contributed by atoms with E-state index in [0.29, 0.717) is 5.92 Å². The molecule has 1 saturated carbocycles. The lowest BCUT2D eigenvalue weighted by Gasteiger charge is -2.25. The van der Waals surface area contributed by atoms with Crippen LogP contribution in [0.2, 0.25) is 0 Å². The molecule has 124 valence electrons. The minimum Gasteiger partial charge on any atom is -0.493 e. The second-order valence-electron chi connectivity index (χ2n) is 6.90. The van der Waals surface area contributed by atoms with Gasteiger partial charge < -0.3 is 9.72 Å². The molecular formula is C22H25NO. The maximum atomic E-state index is 6.23. The van der Waals surface area contributed by atoms with Crippen molar-refractivity contribution >= 4 is 10.9 Å². The van der Waals surface area contributed by atoms with Crippen LogP contribution in [0.25, 0.3) is 10.9 Å². The van der Waals surface area contributed by atoms with Gasteiger partial charge in [-0.1, -0.05) is 49.7 Å². The van der Waals surface area contributed by atoms with Crippen LogP contribution in [0.15, 0.2) is 54.7 Å². The number of aromatic nitrogens is 1. The molecule has 0 spiro atoms. The van der Waals surface area contributed by atoms with E-state index >= 15 is 0 Å². The summed E-state index contributed by atoms with van der Waals surface area (Å²) >= 11 is 0. The number of ether oxygens (including phenoxy) is 1. The molecule has 1 N–H and O–H groups in total. The normalized spacial score (nSPS) is 16.0. The van der Waals surface area contributed by atoms with Gasteiger partial charge in [0.1, 0.15) is 5.75 Å². The van der Waals surface area contributed by atoms with Crippen LogP contribution >= 0.6 is 0 Å². The van der Waals surface area contributed by atoms with E-state index in [-0.39, 0.29) is 0 Å². The summed E-state index contributed by atoms with van der Waals surface area (Å²) in [6.45, 7) is 3.11. The van der Waals surface area contributed by atoms with Crippen LogP contribution in [0, 0.1) is 5.92 Å². The maximum absolute atomic E-state index is 6.23. The van der Waals surface area contributed by atoms with Crippen LogP contribution in [0.3, 0.4) is 0 Å². The van der Waals surface area contributed by atoms with Crippen LogP contribution in [0.4, 0.5) is 0 Å². The van der Waals surface area contributed by atoms with Gasteiger partial charge in [0.15, 0.2) is 0 Å². The molecule has 3 aromatic rings. The molecule has 4 rings (SSSR count). The molecule has 1 aliphatic rings. The van der Waals surface area contributed by atoms with E-state index in [1.54, 1.807) is 0 Å². The molecule has 1 heterocycles. The summed E-state index contributed by atoms with van der Waals surface area (Å²) in [6.07, 6.45) is 7.24. The van der Waals surface area contributed by atoms with Gasteiger partial charge in [0.05, 0.1) is 6.61 Å². The highest BCUT2D eigenvalue weighted by atomic mass is 16.5. The van der Waals surface area contributed by atoms with Gasteiger partial charge in [0.25, 0.3) is 0 Å². The minimum absolute atomic E-state index is 0.397. The number of fused-ring (bicyclic) bond motifs is 1. The van der Waals surface area contributed by atoms with E-state index in [2.05, 4.69) is 66.6 Å². The molecule has 0 radical (unpaired) electrons. The Morgan fingerprint density at radius 2 is 1.92 bits per heavy atom. The molecule has 2 heteroatoms. The summed E-state index contributed by atoms with van der Waals surface area (Å²) in [5.74, 6) is 2.18. The van der Waals surface area contributed by atoms with Crippen molar-refractivity contribution in [2.45, 2.75) is 38.5 Å². The Labute approximate surface area is 143 Å². The Bertz CT molecular complexity index is 801. The van der Waals surface area contributed by atoms with Crippen LogP contribution in [-0.2, 0) is 0 Å². The Balaban J connectivity index is 1.71. The molecule has 0 amide bonds. The lowest BCUT2D eigenvalue weighted by molar-refractivity contribution is 0.182. The van der Waals surface area contributed by atoms with Crippen molar-refractivity contribution < 1.29 is 4.74 Å². The molecule has 1 fully saturated rings. The third-order valence-electron chi connectivity index (χ3n) is 5.38. The van der Waals surface area contributed by atoms with Gasteiger partial charge in [-0.25, -0.2) is 0 Å². The number of rotatable bonds is 6. The van der Waals surface area contributed by atoms with Crippen molar-refractivity contribution in [3.05, 3.63) is 65.9 Å². The number of hydrogen-bond donors (Lipinski definition) is 1. The van der Waals surface area contributed by atoms with Crippen LogP contribution in [0.5, 0.6) is 5.75 Å². The summed E-state index contributed by atoms with van der Waals surface area (Å²) in [7, 11) is 0. The lowest BCUT2D eigenvalue weighted by Crippen LogP contribution is -2.19. The van der Waals surface area contributed by atoms with E-state index in [1.165, 1.54) is 41.3 Å². The van der Waals surface area contributed by atoms with Gasteiger partial charge in [-0.05, 0) is 48.4 Å². The van der Waals surface area contributed by atoms with Gasteiger partial charge in [0.2, 0.25) is 0 Å². The summed E-state index contributed by atoms with van der Waals surface area (Å²) < 4.78 is 6.23. The molecule has 1 aromatic heterocycles. The Morgan fingerprint density at radius 1 is 1.08 bits per heavy atom. The first-order valence-electron chi connectivity index (χ1n) is 9.14. The third-order valence-corrected chi connectivity index (χ3v) is 5.38. The summed E-state index contributed by atoms with van der Waals surface area (Å²) in [4.78, 5) is 3.45. The van der Waals surface area contributed by atoms with E-state index in [1.807, 2.05) is 0 Å². The molecule has 24 heavy (non-hydrogen) atoms. The van der Waals surface area contributed by atoms with Crippen LogP contribution < -0.4 is 4.74 Å². The molecule has 0 bridgehead atoms. The molecule has 2 aromatic carbocycles. The molecule has 1 unspecified atom stereocenters. The summed E-state index contributed by atoms with van der Waals surface area (Å²) in [5.41, 5.74) is 3.89. The van der Waals surface area contributed by atoms with Crippen LogP contribution in [0.1, 0.15) is 49.7 Å². The third kappa shape index (κ3) is 2.82. The highest BCUT2D eigenvalue weighted by Crippen LogP contribution is 2.38. The van der Waals surface area contributed by atoms with Gasteiger partial charge >= 0.3 is 0 Å². The van der Waals surface area contributed by atoms with Crippen molar-refractivity contribution in [3.63, 3.8) is 0 Å². The number of hydrogen-bond acceptors (Lipinski definition) is 1. The quantitative estimate of drug-likeness (QED) is 0.602. The molecule has 1 atom stereocenters. The first-order valence-corrected chi connectivity index (χ1v) is 9.14.